The molecular formula is C15H15ClN4O. The molecule has 0 saturated carbocycles. The van der Waals surface area contributed by atoms with Gasteiger partial charge in [-0.25, -0.2) is 9.97 Å². The molecule has 1 saturated heterocycles. The Morgan fingerprint density at radius 1 is 1.05 bits per heavy atom. The molecule has 1 aromatic carbocycles. The maximum atomic E-state index is 10.6. The number of anilines is 2. The fourth-order valence-electron chi connectivity index (χ4n) is 2.39. The van der Waals surface area contributed by atoms with Gasteiger partial charge in [-0.3, -0.25) is 4.79 Å². The SMILES string of the molecule is O=Cc1cnc(N2CCN(c3cccc(Cl)c3)CC2)nc1. The number of carbonyl (C=O) groups excluding carboxylic acids is 1. The Labute approximate surface area is 128 Å². The largest absolute Gasteiger partial charge is 0.368 e. The van der Waals surface area contributed by atoms with Crippen molar-refractivity contribution in [3.05, 3.63) is 47.2 Å². The molecule has 6 heteroatoms. The molecule has 1 aliphatic heterocycles. The summed E-state index contributed by atoms with van der Waals surface area (Å²) in [5.74, 6) is 0.673. The van der Waals surface area contributed by atoms with Crippen LogP contribution >= 0.6 is 11.6 Å². The number of benzene rings is 1. The van der Waals surface area contributed by atoms with E-state index in [0.29, 0.717) is 11.5 Å². The standard InChI is InChI=1S/C15H15ClN4O/c16-13-2-1-3-14(8-13)19-4-6-20(7-5-19)15-17-9-12(11-21)10-18-15/h1-3,8-11H,4-7H2. The lowest BCUT2D eigenvalue weighted by molar-refractivity contribution is 0.112. The fourth-order valence-corrected chi connectivity index (χ4v) is 2.58. The molecule has 0 N–H and O–H groups in total. The van der Waals surface area contributed by atoms with Crippen molar-refractivity contribution in [2.45, 2.75) is 0 Å². The van der Waals surface area contributed by atoms with E-state index in [9.17, 15) is 4.79 Å². The molecule has 108 valence electrons. The van der Waals surface area contributed by atoms with Gasteiger partial charge in [0.05, 0.1) is 5.56 Å². The normalized spacial score (nSPS) is 15.1. The van der Waals surface area contributed by atoms with Gasteiger partial charge >= 0.3 is 0 Å². The first kappa shape index (κ1) is 13.8. The third-order valence-corrected chi connectivity index (χ3v) is 3.77. The van der Waals surface area contributed by atoms with Gasteiger partial charge in [0.2, 0.25) is 5.95 Å². The van der Waals surface area contributed by atoms with Crippen LogP contribution in [0.3, 0.4) is 0 Å². The first-order valence-corrected chi connectivity index (χ1v) is 7.17. The second-order valence-electron chi connectivity index (χ2n) is 4.89. The highest BCUT2D eigenvalue weighted by atomic mass is 35.5. The van der Waals surface area contributed by atoms with Gasteiger partial charge in [-0.1, -0.05) is 17.7 Å². The molecule has 1 aromatic heterocycles. The maximum absolute atomic E-state index is 10.6. The number of rotatable bonds is 3. The number of carbonyl (C=O) groups is 1. The lowest BCUT2D eigenvalue weighted by atomic mass is 10.2. The second-order valence-corrected chi connectivity index (χ2v) is 5.32. The fraction of sp³-hybridized carbons (Fsp3) is 0.267. The van der Waals surface area contributed by atoms with Gasteiger partial charge in [0.1, 0.15) is 0 Å². The Balaban J connectivity index is 1.65. The van der Waals surface area contributed by atoms with Crippen LogP contribution in [0.4, 0.5) is 11.6 Å². The van der Waals surface area contributed by atoms with Crippen LogP contribution in [0.25, 0.3) is 0 Å². The van der Waals surface area contributed by atoms with Gasteiger partial charge in [-0.2, -0.15) is 0 Å². The van der Waals surface area contributed by atoms with Crippen LogP contribution in [0.15, 0.2) is 36.7 Å². The van der Waals surface area contributed by atoms with Crippen molar-refractivity contribution in [2.24, 2.45) is 0 Å². The lowest BCUT2D eigenvalue weighted by Crippen LogP contribution is -2.47. The van der Waals surface area contributed by atoms with Gasteiger partial charge in [-0.15, -0.1) is 0 Å². The highest BCUT2D eigenvalue weighted by Crippen LogP contribution is 2.21. The van der Waals surface area contributed by atoms with E-state index in [4.69, 9.17) is 11.6 Å². The summed E-state index contributed by atoms with van der Waals surface area (Å²) >= 11 is 6.03. The second kappa shape index (κ2) is 6.10. The van der Waals surface area contributed by atoms with Crippen LogP contribution in [0.1, 0.15) is 10.4 Å². The van der Waals surface area contributed by atoms with Crippen LogP contribution in [0.2, 0.25) is 5.02 Å². The summed E-state index contributed by atoms with van der Waals surface area (Å²) < 4.78 is 0. The number of hydrogen-bond donors (Lipinski definition) is 0. The number of hydrogen-bond acceptors (Lipinski definition) is 5. The van der Waals surface area contributed by atoms with Crippen molar-refractivity contribution in [1.29, 1.82) is 0 Å². The molecule has 0 radical (unpaired) electrons. The Bertz CT molecular complexity index is 624. The first-order valence-electron chi connectivity index (χ1n) is 6.79. The number of piperazine rings is 1. The molecule has 0 spiro atoms. The zero-order valence-electron chi connectivity index (χ0n) is 11.4. The molecule has 0 aliphatic carbocycles. The zero-order chi connectivity index (χ0) is 14.7. The van der Waals surface area contributed by atoms with E-state index in [2.05, 4.69) is 25.8 Å². The smallest absolute Gasteiger partial charge is 0.225 e. The third-order valence-electron chi connectivity index (χ3n) is 3.53. The molecule has 0 bridgehead atoms. The van der Waals surface area contributed by atoms with Crippen molar-refractivity contribution in [3.63, 3.8) is 0 Å². The quantitative estimate of drug-likeness (QED) is 0.814. The minimum Gasteiger partial charge on any atom is -0.368 e. The number of nitrogens with zero attached hydrogens (tertiary/aromatic N) is 4. The van der Waals surface area contributed by atoms with Crippen LogP contribution in [0, 0.1) is 0 Å². The van der Waals surface area contributed by atoms with E-state index in [-0.39, 0.29) is 0 Å². The summed E-state index contributed by atoms with van der Waals surface area (Å²) in [6, 6.07) is 7.89. The average Bonchev–Trinajstić information content (AvgIpc) is 2.55. The van der Waals surface area contributed by atoms with Gasteiger partial charge in [0.25, 0.3) is 0 Å². The Hall–Kier alpha value is -2.14. The molecule has 1 aliphatic rings. The molecule has 0 atom stereocenters. The molecule has 21 heavy (non-hydrogen) atoms. The molecule has 0 unspecified atom stereocenters. The monoisotopic (exact) mass is 302 g/mol. The topological polar surface area (TPSA) is 49.3 Å². The summed E-state index contributed by atoms with van der Waals surface area (Å²) in [6.07, 6.45) is 3.86. The molecular weight excluding hydrogens is 288 g/mol. The molecule has 0 amide bonds. The van der Waals surface area contributed by atoms with Gasteiger partial charge < -0.3 is 9.80 Å². The summed E-state index contributed by atoms with van der Waals surface area (Å²) in [7, 11) is 0. The summed E-state index contributed by atoms with van der Waals surface area (Å²) in [5.41, 5.74) is 1.63. The van der Waals surface area contributed by atoms with E-state index in [1.807, 2.05) is 18.2 Å². The van der Waals surface area contributed by atoms with E-state index in [1.54, 1.807) is 12.4 Å². The number of aldehydes is 1. The molecule has 5 nitrogen and oxygen atoms in total. The molecule has 1 fully saturated rings. The third kappa shape index (κ3) is 3.13. The van der Waals surface area contributed by atoms with Crippen LogP contribution in [-0.4, -0.2) is 42.4 Å². The van der Waals surface area contributed by atoms with Gasteiger partial charge in [0, 0.05) is 49.3 Å². The number of halogens is 1. The van der Waals surface area contributed by atoms with Crippen LogP contribution in [0.5, 0.6) is 0 Å². The lowest BCUT2D eigenvalue weighted by Gasteiger charge is -2.36. The summed E-state index contributed by atoms with van der Waals surface area (Å²) in [4.78, 5) is 23.5. The summed E-state index contributed by atoms with van der Waals surface area (Å²) in [6.45, 7) is 3.46. The maximum Gasteiger partial charge on any atom is 0.225 e. The number of aromatic nitrogens is 2. The predicted molar refractivity (Wildman–Crippen MR) is 83.3 cm³/mol. The minimum absolute atomic E-state index is 0.497. The van der Waals surface area contributed by atoms with Crippen molar-refractivity contribution in [1.82, 2.24) is 9.97 Å². The average molecular weight is 303 g/mol. The van der Waals surface area contributed by atoms with E-state index >= 15 is 0 Å². The van der Waals surface area contributed by atoms with E-state index < -0.39 is 0 Å². The van der Waals surface area contributed by atoms with Crippen molar-refractivity contribution in [2.75, 3.05) is 36.0 Å². The Kier molecular flexibility index (Phi) is 4.01. The van der Waals surface area contributed by atoms with Crippen LogP contribution in [-0.2, 0) is 0 Å². The molecule has 3 rings (SSSR count). The van der Waals surface area contributed by atoms with Crippen molar-refractivity contribution < 1.29 is 4.79 Å². The van der Waals surface area contributed by atoms with Crippen LogP contribution < -0.4 is 9.80 Å². The Morgan fingerprint density at radius 3 is 2.33 bits per heavy atom. The highest BCUT2D eigenvalue weighted by Gasteiger charge is 2.19. The van der Waals surface area contributed by atoms with Crippen molar-refractivity contribution >= 4 is 29.5 Å². The molecule has 2 heterocycles. The van der Waals surface area contributed by atoms with Crippen molar-refractivity contribution in [3.8, 4) is 0 Å². The summed E-state index contributed by atoms with van der Waals surface area (Å²) in [5, 5.41) is 0.753. The Morgan fingerprint density at radius 2 is 1.71 bits per heavy atom. The minimum atomic E-state index is 0.497. The van der Waals surface area contributed by atoms with E-state index in [1.165, 1.54) is 0 Å². The predicted octanol–water partition coefficient (Wildman–Crippen LogP) is 2.27. The zero-order valence-corrected chi connectivity index (χ0v) is 12.2. The van der Waals surface area contributed by atoms with Gasteiger partial charge in [-0.05, 0) is 18.2 Å². The molecule has 2 aromatic rings. The van der Waals surface area contributed by atoms with Gasteiger partial charge in [0.15, 0.2) is 6.29 Å². The highest BCUT2D eigenvalue weighted by molar-refractivity contribution is 6.30. The first-order chi connectivity index (χ1) is 10.3. The van der Waals surface area contributed by atoms with E-state index in [0.717, 1.165) is 43.2 Å².